The number of hydrogen-bond donors (Lipinski definition) is 0. The molecule has 2 aromatic rings. The van der Waals surface area contributed by atoms with Crippen LogP contribution in [-0.4, -0.2) is 38.2 Å². The van der Waals surface area contributed by atoms with E-state index >= 15 is 0 Å². The Balaban J connectivity index is 1.51. The summed E-state index contributed by atoms with van der Waals surface area (Å²) in [5.74, 6) is 0.281. The lowest BCUT2D eigenvalue weighted by Gasteiger charge is -2.25. The molecule has 0 radical (unpaired) electrons. The van der Waals surface area contributed by atoms with Crippen LogP contribution in [0.2, 0.25) is 0 Å². The van der Waals surface area contributed by atoms with Gasteiger partial charge in [-0.3, -0.25) is 14.5 Å². The van der Waals surface area contributed by atoms with Gasteiger partial charge in [0.05, 0.1) is 0 Å². The number of hydrogen-bond acceptors (Lipinski definition) is 3. The molecule has 0 spiro atoms. The second kappa shape index (κ2) is 7.40. The molecule has 0 unspecified atom stereocenters. The van der Waals surface area contributed by atoms with E-state index in [0.29, 0.717) is 12.5 Å². The Morgan fingerprint density at radius 1 is 1.22 bits per heavy atom. The zero-order valence-electron chi connectivity index (χ0n) is 13.7. The monoisotopic (exact) mass is 312 g/mol. The Morgan fingerprint density at radius 3 is 2.78 bits per heavy atom. The molecule has 2 aromatic heterocycles. The van der Waals surface area contributed by atoms with Crippen molar-refractivity contribution in [1.29, 1.82) is 0 Å². The minimum atomic E-state index is 0.281. The van der Waals surface area contributed by atoms with Crippen LogP contribution in [0.4, 0.5) is 0 Å². The molecular formula is C18H24N4O. The zero-order chi connectivity index (χ0) is 16.1. The number of carbonyl (C=O) groups excluding carboxylic acids is 1. The number of likely N-dealkylation sites (tertiary alicyclic amines) is 1. The maximum atomic E-state index is 12.6. The molecule has 1 amide bonds. The minimum absolute atomic E-state index is 0.281. The lowest BCUT2D eigenvalue weighted by Crippen LogP contribution is -2.36. The Kier molecular flexibility index (Phi) is 5.05. The first-order valence-corrected chi connectivity index (χ1v) is 8.39. The lowest BCUT2D eigenvalue weighted by atomic mass is 10.0. The van der Waals surface area contributed by atoms with Gasteiger partial charge in [-0.1, -0.05) is 0 Å². The van der Waals surface area contributed by atoms with E-state index in [-0.39, 0.29) is 5.91 Å². The van der Waals surface area contributed by atoms with Crippen LogP contribution < -0.4 is 0 Å². The fraction of sp³-hybridized carbons (Fsp3) is 0.500. The third-order valence-corrected chi connectivity index (χ3v) is 4.73. The molecule has 0 N–H and O–H groups in total. The van der Waals surface area contributed by atoms with Crippen molar-refractivity contribution in [2.24, 2.45) is 7.05 Å². The Hall–Kier alpha value is -2.17. The SMILES string of the molecule is Cn1nccc1CCC(=O)N1CCC[C@H]1CCc1ccncc1. The number of aryl methyl sites for hydroxylation is 3. The van der Waals surface area contributed by atoms with E-state index in [1.54, 1.807) is 6.20 Å². The summed E-state index contributed by atoms with van der Waals surface area (Å²) in [5, 5.41) is 4.16. The van der Waals surface area contributed by atoms with E-state index in [1.807, 2.05) is 30.2 Å². The van der Waals surface area contributed by atoms with Gasteiger partial charge in [0.2, 0.25) is 5.91 Å². The van der Waals surface area contributed by atoms with Crippen molar-refractivity contribution in [3.05, 3.63) is 48.0 Å². The van der Waals surface area contributed by atoms with E-state index in [1.165, 1.54) is 5.56 Å². The third kappa shape index (κ3) is 3.97. The van der Waals surface area contributed by atoms with Gasteiger partial charge in [0.1, 0.15) is 0 Å². The molecule has 0 saturated carbocycles. The van der Waals surface area contributed by atoms with Crippen LogP contribution in [0.15, 0.2) is 36.8 Å². The standard InChI is InChI=1S/C18H24N4O/c1-21-16(10-13-20-21)6-7-18(23)22-14-2-3-17(22)5-4-15-8-11-19-12-9-15/h8-13,17H,2-7,14H2,1H3/t17-/m0/s1. The predicted molar refractivity (Wildman–Crippen MR) is 88.8 cm³/mol. The van der Waals surface area contributed by atoms with Gasteiger partial charge in [-0.15, -0.1) is 0 Å². The Bertz CT molecular complexity index is 637. The number of nitrogens with zero attached hydrogens (tertiary/aromatic N) is 4. The first-order valence-electron chi connectivity index (χ1n) is 8.39. The highest BCUT2D eigenvalue weighted by molar-refractivity contribution is 5.77. The maximum absolute atomic E-state index is 12.6. The molecular weight excluding hydrogens is 288 g/mol. The van der Waals surface area contributed by atoms with Crippen molar-refractivity contribution in [3.8, 4) is 0 Å². The number of carbonyl (C=O) groups is 1. The highest BCUT2D eigenvalue weighted by atomic mass is 16.2. The van der Waals surface area contributed by atoms with Crippen LogP contribution in [-0.2, 0) is 24.7 Å². The largest absolute Gasteiger partial charge is 0.340 e. The van der Waals surface area contributed by atoms with Crippen molar-refractivity contribution >= 4 is 5.91 Å². The molecule has 3 heterocycles. The fourth-order valence-electron chi connectivity index (χ4n) is 3.37. The normalized spacial score (nSPS) is 17.6. The zero-order valence-corrected chi connectivity index (χ0v) is 13.7. The number of amides is 1. The summed E-state index contributed by atoms with van der Waals surface area (Å²) in [6, 6.07) is 6.49. The van der Waals surface area contributed by atoms with E-state index in [9.17, 15) is 4.79 Å². The molecule has 1 atom stereocenters. The van der Waals surface area contributed by atoms with Crippen molar-refractivity contribution in [3.63, 3.8) is 0 Å². The molecule has 1 saturated heterocycles. The summed E-state index contributed by atoms with van der Waals surface area (Å²) < 4.78 is 1.85. The molecule has 1 aliphatic heterocycles. The quantitative estimate of drug-likeness (QED) is 0.823. The third-order valence-electron chi connectivity index (χ3n) is 4.73. The second-order valence-corrected chi connectivity index (χ2v) is 6.22. The Morgan fingerprint density at radius 2 is 2.04 bits per heavy atom. The molecule has 1 aliphatic rings. The van der Waals surface area contributed by atoms with Crippen molar-refractivity contribution < 1.29 is 4.79 Å². The second-order valence-electron chi connectivity index (χ2n) is 6.22. The summed E-state index contributed by atoms with van der Waals surface area (Å²) in [4.78, 5) is 18.7. The van der Waals surface area contributed by atoms with Crippen LogP contribution in [0.1, 0.15) is 36.9 Å². The van der Waals surface area contributed by atoms with Crippen LogP contribution in [0.5, 0.6) is 0 Å². The van der Waals surface area contributed by atoms with Gasteiger partial charge in [-0.05, 0) is 55.9 Å². The summed E-state index contributed by atoms with van der Waals surface area (Å²) in [5.41, 5.74) is 2.42. The number of rotatable bonds is 6. The summed E-state index contributed by atoms with van der Waals surface area (Å²) in [6.07, 6.45) is 11.1. The molecule has 5 nitrogen and oxygen atoms in total. The van der Waals surface area contributed by atoms with Crippen LogP contribution >= 0.6 is 0 Å². The highest BCUT2D eigenvalue weighted by Crippen LogP contribution is 2.23. The van der Waals surface area contributed by atoms with Gasteiger partial charge in [-0.25, -0.2) is 0 Å². The fourth-order valence-corrected chi connectivity index (χ4v) is 3.37. The molecule has 122 valence electrons. The van der Waals surface area contributed by atoms with E-state index in [4.69, 9.17) is 0 Å². The first-order chi connectivity index (χ1) is 11.2. The predicted octanol–water partition coefficient (Wildman–Crippen LogP) is 2.37. The van der Waals surface area contributed by atoms with Crippen molar-refractivity contribution in [2.45, 2.75) is 44.6 Å². The molecule has 3 rings (SSSR count). The van der Waals surface area contributed by atoms with Crippen LogP contribution in [0, 0.1) is 0 Å². The smallest absolute Gasteiger partial charge is 0.223 e. The highest BCUT2D eigenvalue weighted by Gasteiger charge is 2.28. The molecule has 0 aliphatic carbocycles. The average molecular weight is 312 g/mol. The van der Waals surface area contributed by atoms with E-state index in [0.717, 1.165) is 44.3 Å². The number of aromatic nitrogens is 3. The molecule has 0 bridgehead atoms. The minimum Gasteiger partial charge on any atom is -0.340 e. The van der Waals surface area contributed by atoms with Crippen molar-refractivity contribution in [1.82, 2.24) is 19.7 Å². The number of pyridine rings is 1. The van der Waals surface area contributed by atoms with E-state index < -0.39 is 0 Å². The van der Waals surface area contributed by atoms with Gasteiger partial charge in [0, 0.05) is 50.3 Å². The van der Waals surface area contributed by atoms with Crippen LogP contribution in [0.3, 0.4) is 0 Å². The average Bonchev–Trinajstić information content (AvgIpc) is 3.20. The van der Waals surface area contributed by atoms with Gasteiger partial charge in [0.25, 0.3) is 0 Å². The molecule has 1 fully saturated rings. The molecule has 23 heavy (non-hydrogen) atoms. The maximum Gasteiger partial charge on any atom is 0.223 e. The summed E-state index contributed by atoms with van der Waals surface area (Å²) >= 11 is 0. The van der Waals surface area contributed by atoms with Gasteiger partial charge in [-0.2, -0.15) is 5.10 Å². The van der Waals surface area contributed by atoms with Gasteiger partial charge < -0.3 is 4.90 Å². The first kappa shape index (κ1) is 15.7. The molecule has 5 heteroatoms. The van der Waals surface area contributed by atoms with Gasteiger partial charge >= 0.3 is 0 Å². The van der Waals surface area contributed by atoms with Gasteiger partial charge in [0.15, 0.2) is 0 Å². The lowest BCUT2D eigenvalue weighted by molar-refractivity contribution is -0.132. The van der Waals surface area contributed by atoms with E-state index in [2.05, 4.69) is 27.1 Å². The Labute approximate surface area is 137 Å². The van der Waals surface area contributed by atoms with Crippen molar-refractivity contribution in [2.75, 3.05) is 6.54 Å². The molecule has 0 aromatic carbocycles. The topological polar surface area (TPSA) is 51.0 Å². The van der Waals surface area contributed by atoms with Crippen LogP contribution in [0.25, 0.3) is 0 Å². The summed E-state index contributed by atoms with van der Waals surface area (Å²) in [6.45, 7) is 0.908. The summed E-state index contributed by atoms with van der Waals surface area (Å²) in [7, 11) is 1.92.